The molecule has 4 unspecified atom stereocenters. The van der Waals surface area contributed by atoms with E-state index in [9.17, 15) is 9.59 Å². The van der Waals surface area contributed by atoms with Crippen molar-refractivity contribution in [3.8, 4) is 0 Å². The number of hydrogen-bond donors (Lipinski definition) is 0. The lowest BCUT2D eigenvalue weighted by molar-refractivity contribution is -0.164. The van der Waals surface area contributed by atoms with E-state index in [2.05, 4.69) is 13.8 Å². The summed E-state index contributed by atoms with van der Waals surface area (Å²) in [7, 11) is 0. The maximum Gasteiger partial charge on any atom is 0.306 e. The van der Waals surface area contributed by atoms with E-state index in [1.165, 1.54) is 18.4 Å². The Bertz CT molecular complexity index is 845. The number of esters is 1. The van der Waals surface area contributed by atoms with E-state index in [1.807, 2.05) is 6.08 Å². The van der Waals surface area contributed by atoms with E-state index >= 15 is 0 Å². The first-order valence-electron chi connectivity index (χ1n) is 11.0. The van der Waals surface area contributed by atoms with Crippen LogP contribution in [0.3, 0.4) is 0 Å². The van der Waals surface area contributed by atoms with Gasteiger partial charge in [0.15, 0.2) is 5.78 Å². The summed E-state index contributed by atoms with van der Waals surface area (Å²) in [5.41, 5.74) is 1.24. The smallest absolute Gasteiger partial charge is 0.306 e. The third-order valence-electron chi connectivity index (χ3n) is 10.4. The van der Waals surface area contributed by atoms with Crippen LogP contribution in [0.4, 0.5) is 0 Å². The number of rotatable bonds is 0. The van der Waals surface area contributed by atoms with Gasteiger partial charge in [0.1, 0.15) is 11.2 Å². The van der Waals surface area contributed by atoms with Gasteiger partial charge in [-0.25, -0.2) is 0 Å². The average Bonchev–Trinajstić information content (AvgIpc) is 3.49. The zero-order valence-electron chi connectivity index (χ0n) is 16.3. The lowest BCUT2D eigenvalue weighted by atomic mass is 9.46. The largest absolute Gasteiger partial charge is 0.458 e. The summed E-state index contributed by atoms with van der Waals surface area (Å²) in [4.78, 5) is 24.2. The Morgan fingerprint density at radius 2 is 1.96 bits per heavy atom. The zero-order chi connectivity index (χ0) is 18.4. The van der Waals surface area contributed by atoms with Crippen molar-refractivity contribution < 1.29 is 19.1 Å². The fourth-order valence-electron chi connectivity index (χ4n) is 9.12. The van der Waals surface area contributed by atoms with E-state index in [1.54, 1.807) is 0 Å². The van der Waals surface area contributed by atoms with Gasteiger partial charge in [0.05, 0.1) is 6.10 Å². The Balaban J connectivity index is 1.36. The van der Waals surface area contributed by atoms with Crippen LogP contribution in [0.1, 0.15) is 65.2 Å². The molecule has 2 spiro atoms. The summed E-state index contributed by atoms with van der Waals surface area (Å²) >= 11 is 0. The van der Waals surface area contributed by atoms with Crippen LogP contribution in [-0.4, -0.2) is 29.1 Å². The summed E-state index contributed by atoms with van der Waals surface area (Å²) in [5, 5.41) is 0. The highest BCUT2D eigenvalue weighted by Crippen LogP contribution is 2.82. The molecule has 2 heterocycles. The first-order chi connectivity index (χ1) is 12.8. The van der Waals surface area contributed by atoms with Crippen molar-refractivity contribution in [1.82, 2.24) is 0 Å². The van der Waals surface area contributed by atoms with Crippen LogP contribution < -0.4 is 0 Å². The normalized spacial score (nSPS) is 62.0. The van der Waals surface area contributed by atoms with Crippen molar-refractivity contribution in [2.75, 3.05) is 0 Å². The molecule has 5 aliphatic carbocycles. The van der Waals surface area contributed by atoms with Gasteiger partial charge in [0.25, 0.3) is 0 Å². The van der Waals surface area contributed by atoms with Gasteiger partial charge in [-0.3, -0.25) is 9.59 Å². The molecule has 27 heavy (non-hydrogen) atoms. The maximum absolute atomic E-state index is 12.2. The standard InChI is InChI=1S/C23H28O4/c1-20-6-3-12(24)9-16(20)13-10-14(13)19-15-4-7-22(8-5-18(25)27-22)21(15,2)11-17-23(19,20)26-17/h9,13-15,17,19H,3-8,10-11H2,1-2H3/t13?,14?,15?,17-,19+,20+,21?,22-,23-/m1/s1. The number of ether oxygens (including phenoxy) is 2. The number of fused-ring (bicyclic) bond motifs is 7. The van der Waals surface area contributed by atoms with E-state index in [0.717, 1.165) is 25.7 Å². The lowest BCUT2D eigenvalue weighted by Crippen LogP contribution is -2.60. The SMILES string of the molecule is CC12C[C@H]3O[C@@]34[C@@H](C3CC3C3=CC(=O)CC[C@@]34C)C1CC[C@@]21CCC(=O)O1. The Kier molecular flexibility index (Phi) is 2.46. The van der Waals surface area contributed by atoms with Gasteiger partial charge in [-0.2, -0.15) is 0 Å². The van der Waals surface area contributed by atoms with Gasteiger partial charge in [-0.1, -0.05) is 19.4 Å². The van der Waals surface area contributed by atoms with Gasteiger partial charge in [0, 0.05) is 23.7 Å². The fourth-order valence-corrected chi connectivity index (χ4v) is 9.12. The van der Waals surface area contributed by atoms with E-state index in [0.29, 0.717) is 42.3 Å². The first-order valence-corrected chi connectivity index (χ1v) is 11.0. The minimum absolute atomic E-state index is 0.00124. The van der Waals surface area contributed by atoms with Crippen LogP contribution in [0, 0.1) is 34.5 Å². The molecule has 0 aromatic rings. The first kappa shape index (κ1) is 15.7. The number of carbonyl (C=O) groups excluding carboxylic acids is 2. The minimum atomic E-state index is -0.239. The quantitative estimate of drug-likeness (QED) is 0.484. The molecule has 4 heteroatoms. The van der Waals surface area contributed by atoms with Crippen molar-refractivity contribution >= 4 is 11.8 Å². The van der Waals surface area contributed by atoms with Crippen LogP contribution in [0.5, 0.6) is 0 Å². The van der Waals surface area contributed by atoms with Crippen molar-refractivity contribution in [3.63, 3.8) is 0 Å². The Morgan fingerprint density at radius 1 is 1.11 bits per heavy atom. The van der Waals surface area contributed by atoms with Crippen LogP contribution >= 0.6 is 0 Å². The van der Waals surface area contributed by atoms with Gasteiger partial charge in [0.2, 0.25) is 0 Å². The second-order valence-corrected chi connectivity index (χ2v) is 11.1. The summed E-state index contributed by atoms with van der Waals surface area (Å²) in [6.07, 6.45) is 9.85. The van der Waals surface area contributed by atoms with Crippen molar-refractivity contribution in [2.24, 2.45) is 34.5 Å². The molecule has 0 aromatic carbocycles. The molecule has 7 aliphatic rings. The number of hydrogen-bond acceptors (Lipinski definition) is 4. The Labute approximate surface area is 160 Å². The fraction of sp³-hybridized carbons (Fsp3) is 0.826. The third-order valence-corrected chi connectivity index (χ3v) is 10.4. The van der Waals surface area contributed by atoms with Gasteiger partial charge >= 0.3 is 5.97 Å². The summed E-state index contributed by atoms with van der Waals surface area (Å²) in [6, 6.07) is 0. The highest BCUT2D eigenvalue weighted by molar-refractivity contribution is 5.92. The minimum Gasteiger partial charge on any atom is -0.458 e. The maximum atomic E-state index is 12.2. The molecule has 144 valence electrons. The molecule has 4 nitrogen and oxygen atoms in total. The number of carbonyl (C=O) groups is 2. The Hall–Kier alpha value is -1.16. The van der Waals surface area contributed by atoms with E-state index < -0.39 is 0 Å². The average molecular weight is 368 g/mol. The second kappa shape index (κ2) is 4.22. The topological polar surface area (TPSA) is 55.9 Å². The summed E-state index contributed by atoms with van der Waals surface area (Å²) in [5.74, 6) is 2.77. The molecule has 2 aliphatic heterocycles. The molecule has 7 rings (SSSR count). The molecule has 4 saturated carbocycles. The van der Waals surface area contributed by atoms with E-state index in [4.69, 9.17) is 9.47 Å². The Morgan fingerprint density at radius 3 is 2.74 bits per heavy atom. The molecule has 0 N–H and O–H groups in total. The lowest BCUT2D eigenvalue weighted by Gasteiger charge is -2.56. The summed E-state index contributed by atoms with van der Waals surface area (Å²) in [6.45, 7) is 4.81. The molecular weight excluding hydrogens is 340 g/mol. The molecule has 0 bridgehead atoms. The number of ketones is 1. The predicted molar refractivity (Wildman–Crippen MR) is 96.6 cm³/mol. The van der Waals surface area contributed by atoms with Crippen LogP contribution in [0.15, 0.2) is 11.6 Å². The highest BCUT2D eigenvalue weighted by atomic mass is 16.6. The second-order valence-electron chi connectivity index (χ2n) is 11.1. The molecular formula is C23H28O4. The van der Waals surface area contributed by atoms with Crippen LogP contribution in [0.2, 0.25) is 0 Å². The van der Waals surface area contributed by atoms with Crippen molar-refractivity contribution in [3.05, 3.63) is 11.6 Å². The predicted octanol–water partition coefficient (Wildman–Crippen LogP) is 3.58. The van der Waals surface area contributed by atoms with E-state index in [-0.39, 0.29) is 34.1 Å². The molecule has 0 aromatic heterocycles. The molecule has 6 fully saturated rings. The van der Waals surface area contributed by atoms with Crippen molar-refractivity contribution in [1.29, 1.82) is 0 Å². The third kappa shape index (κ3) is 1.47. The zero-order valence-corrected chi connectivity index (χ0v) is 16.3. The monoisotopic (exact) mass is 368 g/mol. The molecule has 0 amide bonds. The molecule has 9 atom stereocenters. The van der Waals surface area contributed by atoms with Gasteiger partial charge < -0.3 is 9.47 Å². The number of epoxide rings is 1. The van der Waals surface area contributed by atoms with Crippen molar-refractivity contribution in [2.45, 2.75) is 82.5 Å². The van der Waals surface area contributed by atoms with Crippen LogP contribution in [0.25, 0.3) is 0 Å². The van der Waals surface area contributed by atoms with Gasteiger partial charge in [-0.05, 0) is 68.3 Å². The molecule has 2 saturated heterocycles. The molecule has 0 radical (unpaired) electrons. The van der Waals surface area contributed by atoms with Crippen LogP contribution in [-0.2, 0) is 19.1 Å². The summed E-state index contributed by atoms with van der Waals surface area (Å²) < 4.78 is 12.8. The van der Waals surface area contributed by atoms with Gasteiger partial charge in [-0.15, -0.1) is 0 Å². The highest BCUT2D eigenvalue weighted by Gasteiger charge is 2.85.